The monoisotopic (exact) mass is 228 g/mol. The Hall–Kier alpha value is -1.58. The van der Waals surface area contributed by atoms with Gasteiger partial charge in [-0.25, -0.2) is 0 Å². The minimum absolute atomic E-state index is 0.200. The molecular weight excluding hydrogens is 212 g/mol. The molecular formula is C14H16N2O. The SMILES string of the molecule is NC1CN(C(c2ccccc2)c2ccco2)C1. The van der Waals surface area contributed by atoms with Crippen LogP contribution in [-0.4, -0.2) is 24.0 Å². The highest BCUT2D eigenvalue weighted by atomic mass is 16.3. The van der Waals surface area contributed by atoms with E-state index in [-0.39, 0.29) is 6.04 Å². The molecule has 3 heteroatoms. The van der Waals surface area contributed by atoms with E-state index in [2.05, 4.69) is 29.2 Å². The molecule has 0 spiro atoms. The second-order valence-corrected chi connectivity index (χ2v) is 4.54. The lowest BCUT2D eigenvalue weighted by Crippen LogP contribution is -2.56. The maximum absolute atomic E-state index is 5.87. The largest absolute Gasteiger partial charge is 0.467 e. The summed E-state index contributed by atoms with van der Waals surface area (Å²) in [6.45, 7) is 1.86. The molecule has 1 atom stereocenters. The highest BCUT2D eigenvalue weighted by Crippen LogP contribution is 2.31. The fourth-order valence-corrected chi connectivity index (χ4v) is 2.40. The van der Waals surface area contributed by atoms with Crippen molar-refractivity contribution in [1.29, 1.82) is 0 Å². The molecule has 1 fully saturated rings. The van der Waals surface area contributed by atoms with Gasteiger partial charge in [-0.2, -0.15) is 0 Å². The standard InChI is InChI=1S/C14H16N2O/c15-12-9-16(10-12)14(13-7-4-8-17-13)11-5-2-1-3-6-11/h1-8,12,14H,9-10,15H2. The first-order chi connectivity index (χ1) is 8.34. The first kappa shape index (κ1) is 10.6. The highest BCUT2D eigenvalue weighted by molar-refractivity contribution is 5.27. The van der Waals surface area contributed by atoms with E-state index in [1.54, 1.807) is 6.26 Å². The molecule has 1 aromatic carbocycles. The number of nitrogens with two attached hydrogens (primary N) is 1. The van der Waals surface area contributed by atoms with Crippen molar-refractivity contribution in [3.8, 4) is 0 Å². The van der Waals surface area contributed by atoms with E-state index in [1.165, 1.54) is 5.56 Å². The van der Waals surface area contributed by atoms with Crippen molar-refractivity contribution in [2.75, 3.05) is 13.1 Å². The van der Waals surface area contributed by atoms with Crippen LogP contribution in [0.3, 0.4) is 0 Å². The summed E-state index contributed by atoms with van der Waals surface area (Å²) in [5.41, 5.74) is 7.12. The Bertz CT molecular complexity index is 460. The predicted octanol–water partition coefficient (Wildman–Crippen LogP) is 2.01. The van der Waals surface area contributed by atoms with Gasteiger partial charge < -0.3 is 10.2 Å². The van der Waals surface area contributed by atoms with Gasteiger partial charge in [0.2, 0.25) is 0 Å². The van der Waals surface area contributed by atoms with E-state index in [9.17, 15) is 0 Å². The lowest BCUT2D eigenvalue weighted by atomic mass is 9.98. The fraction of sp³-hybridized carbons (Fsp3) is 0.286. The number of benzene rings is 1. The zero-order chi connectivity index (χ0) is 11.7. The molecule has 0 aliphatic carbocycles. The van der Waals surface area contributed by atoms with Gasteiger partial charge in [-0.3, -0.25) is 4.90 Å². The van der Waals surface area contributed by atoms with Crippen LogP contribution in [0.15, 0.2) is 53.1 Å². The Morgan fingerprint density at radius 3 is 2.47 bits per heavy atom. The quantitative estimate of drug-likeness (QED) is 0.873. The van der Waals surface area contributed by atoms with Crippen LogP contribution in [0.2, 0.25) is 0 Å². The lowest BCUT2D eigenvalue weighted by Gasteiger charge is -2.42. The van der Waals surface area contributed by atoms with Gasteiger partial charge in [0.25, 0.3) is 0 Å². The average molecular weight is 228 g/mol. The smallest absolute Gasteiger partial charge is 0.125 e. The molecule has 0 amide bonds. The average Bonchev–Trinajstić information content (AvgIpc) is 2.82. The summed E-state index contributed by atoms with van der Waals surface area (Å²) in [6.07, 6.45) is 1.73. The second kappa shape index (κ2) is 4.35. The van der Waals surface area contributed by atoms with Crippen molar-refractivity contribution < 1.29 is 4.42 Å². The molecule has 17 heavy (non-hydrogen) atoms. The van der Waals surface area contributed by atoms with E-state index in [4.69, 9.17) is 10.2 Å². The minimum Gasteiger partial charge on any atom is -0.467 e. The molecule has 2 N–H and O–H groups in total. The summed E-state index contributed by atoms with van der Waals surface area (Å²) < 4.78 is 5.56. The lowest BCUT2D eigenvalue weighted by molar-refractivity contribution is 0.102. The molecule has 1 aliphatic heterocycles. The fourth-order valence-electron chi connectivity index (χ4n) is 2.40. The normalized spacial score (nSPS) is 18.9. The van der Waals surface area contributed by atoms with Crippen molar-refractivity contribution in [3.63, 3.8) is 0 Å². The van der Waals surface area contributed by atoms with Crippen molar-refractivity contribution in [2.24, 2.45) is 5.73 Å². The van der Waals surface area contributed by atoms with Crippen molar-refractivity contribution in [1.82, 2.24) is 4.90 Å². The summed E-state index contributed by atoms with van der Waals surface area (Å²) in [7, 11) is 0. The van der Waals surface area contributed by atoms with Gasteiger partial charge in [0.05, 0.1) is 12.3 Å². The topological polar surface area (TPSA) is 42.4 Å². The molecule has 2 aromatic rings. The molecule has 1 unspecified atom stereocenters. The van der Waals surface area contributed by atoms with Crippen LogP contribution in [0.5, 0.6) is 0 Å². The molecule has 1 aromatic heterocycles. The van der Waals surface area contributed by atoms with Gasteiger partial charge in [-0.05, 0) is 17.7 Å². The number of hydrogen-bond acceptors (Lipinski definition) is 3. The highest BCUT2D eigenvalue weighted by Gasteiger charge is 2.33. The van der Waals surface area contributed by atoms with Crippen LogP contribution in [0.4, 0.5) is 0 Å². The third-order valence-corrected chi connectivity index (χ3v) is 3.23. The maximum Gasteiger partial charge on any atom is 0.125 e. The van der Waals surface area contributed by atoms with E-state index >= 15 is 0 Å². The molecule has 3 nitrogen and oxygen atoms in total. The summed E-state index contributed by atoms with van der Waals surface area (Å²) in [5, 5.41) is 0. The Morgan fingerprint density at radius 2 is 1.88 bits per heavy atom. The van der Waals surface area contributed by atoms with Crippen LogP contribution in [-0.2, 0) is 0 Å². The van der Waals surface area contributed by atoms with Crippen LogP contribution < -0.4 is 5.73 Å². The zero-order valence-electron chi connectivity index (χ0n) is 9.62. The van der Waals surface area contributed by atoms with Crippen molar-refractivity contribution in [3.05, 3.63) is 60.1 Å². The zero-order valence-corrected chi connectivity index (χ0v) is 9.62. The number of hydrogen-bond donors (Lipinski definition) is 1. The number of furan rings is 1. The van der Waals surface area contributed by atoms with Gasteiger partial charge in [0.1, 0.15) is 5.76 Å². The Labute approximate surface area is 101 Å². The Morgan fingerprint density at radius 1 is 1.12 bits per heavy atom. The predicted molar refractivity (Wildman–Crippen MR) is 66.5 cm³/mol. The Balaban J connectivity index is 1.92. The molecule has 0 radical (unpaired) electrons. The van der Waals surface area contributed by atoms with Crippen LogP contribution in [0.25, 0.3) is 0 Å². The van der Waals surface area contributed by atoms with E-state index in [0.29, 0.717) is 6.04 Å². The number of rotatable bonds is 3. The number of likely N-dealkylation sites (tertiary alicyclic amines) is 1. The second-order valence-electron chi connectivity index (χ2n) is 4.54. The first-order valence-corrected chi connectivity index (χ1v) is 5.92. The van der Waals surface area contributed by atoms with Crippen molar-refractivity contribution >= 4 is 0 Å². The molecule has 0 saturated carbocycles. The first-order valence-electron chi connectivity index (χ1n) is 5.92. The third-order valence-electron chi connectivity index (χ3n) is 3.23. The summed E-state index contributed by atoms with van der Waals surface area (Å²) in [5.74, 6) is 0.989. The van der Waals surface area contributed by atoms with Crippen LogP contribution in [0.1, 0.15) is 17.4 Å². The molecule has 1 aliphatic rings. The molecule has 2 heterocycles. The third kappa shape index (κ3) is 1.99. The summed E-state index contributed by atoms with van der Waals surface area (Å²) in [6, 6.07) is 14.9. The molecule has 1 saturated heterocycles. The molecule has 88 valence electrons. The summed E-state index contributed by atoms with van der Waals surface area (Å²) >= 11 is 0. The van der Waals surface area contributed by atoms with Crippen LogP contribution >= 0.6 is 0 Å². The number of nitrogens with zero attached hydrogens (tertiary/aromatic N) is 1. The van der Waals surface area contributed by atoms with E-state index in [1.807, 2.05) is 18.2 Å². The van der Waals surface area contributed by atoms with Crippen molar-refractivity contribution in [2.45, 2.75) is 12.1 Å². The molecule has 0 bridgehead atoms. The van der Waals surface area contributed by atoms with E-state index in [0.717, 1.165) is 18.8 Å². The minimum atomic E-state index is 0.200. The molecule has 3 rings (SSSR count). The Kier molecular flexibility index (Phi) is 2.71. The van der Waals surface area contributed by atoms with Gasteiger partial charge >= 0.3 is 0 Å². The summed E-state index contributed by atoms with van der Waals surface area (Å²) in [4.78, 5) is 2.35. The van der Waals surface area contributed by atoms with Gasteiger partial charge in [0, 0.05) is 19.1 Å². The van der Waals surface area contributed by atoms with Gasteiger partial charge in [-0.1, -0.05) is 30.3 Å². The van der Waals surface area contributed by atoms with Gasteiger partial charge in [-0.15, -0.1) is 0 Å². The van der Waals surface area contributed by atoms with Gasteiger partial charge in [0.15, 0.2) is 0 Å². The van der Waals surface area contributed by atoms with Crippen LogP contribution in [0, 0.1) is 0 Å². The maximum atomic E-state index is 5.87. The van der Waals surface area contributed by atoms with E-state index < -0.39 is 0 Å².